The fourth-order valence-corrected chi connectivity index (χ4v) is 3.76. The standard InChI is InChI=1S/C23H22N6/c1-14-8-18-11-16(3-5-21(18)28-14)12-26-22-19(13-27-23(24)29-22)10-15-2-4-20-17(9-15)6-7-25-20/h2-9,11,13,25,28H,10,12H2,1H3,(H3,24,26,27,29). The van der Waals surface area contributed by atoms with Crippen molar-refractivity contribution in [1.29, 1.82) is 0 Å². The van der Waals surface area contributed by atoms with Crippen molar-refractivity contribution in [1.82, 2.24) is 19.9 Å². The number of nitrogens with two attached hydrogens (primary N) is 1. The number of nitrogen functional groups attached to an aromatic ring is 1. The lowest BCUT2D eigenvalue weighted by Gasteiger charge is -2.12. The lowest BCUT2D eigenvalue weighted by atomic mass is 10.0. The van der Waals surface area contributed by atoms with Crippen molar-refractivity contribution in [3.8, 4) is 0 Å². The second-order valence-electron chi connectivity index (χ2n) is 7.41. The molecule has 0 saturated heterocycles. The number of benzene rings is 2. The van der Waals surface area contributed by atoms with Crippen molar-refractivity contribution in [3.05, 3.63) is 83.3 Å². The molecule has 3 aromatic heterocycles. The maximum absolute atomic E-state index is 5.86. The highest BCUT2D eigenvalue weighted by molar-refractivity contribution is 5.81. The van der Waals surface area contributed by atoms with Crippen LogP contribution in [0.5, 0.6) is 0 Å². The molecule has 3 heterocycles. The molecule has 0 aliphatic rings. The van der Waals surface area contributed by atoms with Crippen LogP contribution < -0.4 is 11.1 Å². The van der Waals surface area contributed by atoms with Crippen LogP contribution in [0.25, 0.3) is 21.8 Å². The van der Waals surface area contributed by atoms with Crippen LogP contribution in [-0.4, -0.2) is 19.9 Å². The average Bonchev–Trinajstić information content (AvgIpc) is 3.32. The van der Waals surface area contributed by atoms with Gasteiger partial charge in [-0.05, 0) is 65.2 Å². The van der Waals surface area contributed by atoms with Crippen molar-refractivity contribution in [2.75, 3.05) is 11.1 Å². The molecule has 0 spiro atoms. The van der Waals surface area contributed by atoms with Gasteiger partial charge in [0, 0.05) is 47.7 Å². The first-order valence-electron chi connectivity index (χ1n) is 9.63. The molecule has 6 heteroatoms. The summed E-state index contributed by atoms with van der Waals surface area (Å²) >= 11 is 0. The molecule has 0 unspecified atom stereocenters. The Balaban J connectivity index is 1.39. The molecular weight excluding hydrogens is 360 g/mol. The Morgan fingerprint density at radius 2 is 1.79 bits per heavy atom. The third kappa shape index (κ3) is 3.52. The second kappa shape index (κ2) is 6.98. The van der Waals surface area contributed by atoms with Crippen LogP contribution in [0.2, 0.25) is 0 Å². The third-order valence-electron chi connectivity index (χ3n) is 5.18. The maximum atomic E-state index is 5.86. The van der Waals surface area contributed by atoms with Crippen LogP contribution in [0.1, 0.15) is 22.4 Å². The highest BCUT2D eigenvalue weighted by Gasteiger charge is 2.09. The van der Waals surface area contributed by atoms with Gasteiger partial charge in [-0.2, -0.15) is 4.98 Å². The average molecular weight is 382 g/mol. The van der Waals surface area contributed by atoms with E-state index in [1.54, 1.807) is 0 Å². The Hall–Kier alpha value is -3.80. The molecule has 0 aliphatic carbocycles. The molecule has 144 valence electrons. The summed E-state index contributed by atoms with van der Waals surface area (Å²) in [6.45, 7) is 2.74. The van der Waals surface area contributed by atoms with E-state index >= 15 is 0 Å². The predicted octanol–water partition coefficient (Wildman–Crippen LogP) is 4.53. The van der Waals surface area contributed by atoms with E-state index < -0.39 is 0 Å². The molecule has 0 amide bonds. The molecule has 0 bridgehead atoms. The SMILES string of the molecule is Cc1cc2cc(CNc3nc(N)ncc3Cc3ccc4[nH]ccc4c3)ccc2[nH]1. The van der Waals surface area contributed by atoms with E-state index in [1.165, 1.54) is 21.9 Å². The van der Waals surface area contributed by atoms with Crippen LogP contribution in [0.15, 0.2) is 60.9 Å². The van der Waals surface area contributed by atoms with Crippen molar-refractivity contribution >= 4 is 33.6 Å². The van der Waals surface area contributed by atoms with Crippen molar-refractivity contribution < 1.29 is 0 Å². The van der Waals surface area contributed by atoms with Gasteiger partial charge in [-0.15, -0.1) is 0 Å². The lowest BCUT2D eigenvalue weighted by Crippen LogP contribution is -2.08. The van der Waals surface area contributed by atoms with Gasteiger partial charge in [-0.1, -0.05) is 12.1 Å². The monoisotopic (exact) mass is 382 g/mol. The lowest BCUT2D eigenvalue weighted by molar-refractivity contribution is 1.04. The minimum absolute atomic E-state index is 0.272. The molecule has 5 rings (SSSR count). The Labute approximate surface area is 168 Å². The summed E-state index contributed by atoms with van der Waals surface area (Å²) in [5.74, 6) is 1.05. The van der Waals surface area contributed by atoms with Gasteiger partial charge in [0.05, 0.1) is 0 Å². The van der Waals surface area contributed by atoms with E-state index in [1.807, 2.05) is 12.4 Å². The Morgan fingerprint density at radius 3 is 2.72 bits per heavy atom. The topological polar surface area (TPSA) is 95.4 Å². The number of hydrogen-bond acceptors (Lipinski definition) is 4. The summed E-state index contributed by atoms with van der Waals surface area (Å²) in [4.78, 5) is 15.2. The molecule has 0 saturated carbocycles. The van der Waals surface area contributed by atoms with E-state index in [-0.39, 0.29) is 5.95 Å². The minimum Gasteiger partial charge on any atom is -0.368 e. The normalized spacial score (nSPS) is 11.3. The molecule has 0 atom stereocenters. The van der Waals surface area contributed by atoms with Crippen molar-refractivity contribution in [3.63, 3.8) is 0 Å². The smallest absolute Gasteiger partial charge is 0.221 e. The number of hydrogen-bond donors (Lipinski definition) is 4. The molecule has 2 aromatic carbocycles. The molecule has 5 N–H and O–H groups in total. The number of H-pyrrole nitrogens is 2. The van der Waals surface area contributed by atoms with Gasteiger partial charge in [0.1, 0.15) is 5.82 Å². The maximum Gasteiger partial charge on any atom is 0.221 e. The minimum atomic E-state index is 0.272. The zero-order chi connectivity index (χ0) is 19.8. The molecule has 5 aromatic rings. The predicted molar refractivity (Wildman–Crippen MR) is 118 cm³/mol. The highest BCUT2D eigenvalue weighted by atomic mass is 15.1. The van der Waals surface area contributed by atoms with Gasteiger partial charge >= 0.3 is 0 Å². The summed E-state index contributed by atoms with van der Waals surface area (Å²) in [7, 11) is 0. The molecule has 0 radical (unpaired) electrons. The Bertz CT molecular complexity index is 1310. The second-order valence-corrected chi connectivity index (χ2v) is 7.41. The van der Waals surface area contributed by atoms with Gasteiger partial charge in [0.15, 0.2) is 0 Å². The molecular formula is C23H22N6. The van der Waals surface area contributed by atoms with E-state index in [4.69, 9.17) is 5.73 Å². The molecule has 0 fully saturated rings. The summed E-state index contributed by atoms with van der Waals surface area (Å²) in [5, 5.41) is 5.86. The van der Waals surface area contributed by atoms with E-state index in [0.717, 1.165) is 34.5 Å². The zero-order valence-electron chi connectivity index (χ0n) is 16.2. The Morgan fingerprint density at radius 1 is 0.966 bits per heavy atom. The third-order valence-corrected chi connectivity index (χ3v) is 5.18. The first-order valence-corrected chi connectivity index (χ1v) is 9.63. The summed E-state index contributed by atoms with van der Waals surface area (Å²) in [5.41, 5.74) is 12.7. The van der Waals surface area contributed by atoms with Gasteiger partial charge in [-0.3, -0.25) is 0 Å². The Kier molecular flexibility index (Phi) is 4.17. The first-order chi connectivity index (χ1) is 14.1. The number of aromatic nitrogens is 4. The number of fused-ring (bicyclic) bond motifs is 2. The van der Waals surface area contributed by atoms with E-state index in [0.29, 0.717) is 6.54 Å². The van der Waals surface area contributed by atoms with E-state index in [9.17, 15) is 0 Å². The first kappa shape index (κ1) is 17.3. The summed E-state index contributed by atoms with van der Waals surface area (Å²) < 4.78 is 0. The zero-order valence-corrected chi connectivity index (χ0v) is 16.2. The largest absolute Gasteiger partial charge is 0.368 e. The quantitative estimate of drug-likeness (QED) is 0.359. The van der Waals surface area contributed by atoms with Gasteiger partial charge in [0.2, 0.25) is 5.95 Å². The van der Waals surface area contributed by atoms with E-state index in [2.05, 4.69) is 80.7 Å². The van der Waals surface area contributed by atoms with Crippen molar-refractivity contribution in [2.24, 2.45) is 0 Å². The number of nitrogens with zero attached hydrogens (tertiary/aromatic N) is 2. The van der Waals surface area contributed by atoms with Crippen LogP contribution >= 0.6 is 0 Å². The van der Waals surface area contributed by atoms with Crippen LogP contribution in [0, 0.1) is 6.92 Å². The number of aromatic amines is 2. The number of rotatable bonds is 5. The van der Waals surface area contributed by atoms with Gasteiger partial charge in [-0.25, -0.2) is 4.98 Å². The fraction of sp³-hybridized carbons (Fsp3) is 0.130. The summed E-state index contributed by atoms with van der Waals surface area (Å²) in [6.07, 6.45) is 4.50. The highest BCUT2D eigenvalue weighted by Crippen LogP contribution is 2.22. The number of aryl methyl sites for hydroxylation is 1. The summed E-state index contributed by atoms with van der Waals surface area (Å²) in [6, 6.07) is 17.1. The van der Waals surface area contributed by atoms with Crippen LogP contribution in [0.3, 0.4) is 0 Å². The van der Waals surface area contributed by atoms with Gasteiger partial charge in [0.25, 0.3) is 0 Å². The van der Waals surface area contributed by atoms with Crippen molar-refractivity contribution in [2.45, 2.75) is 19.9 Å². The molecule has 0 aliphatic heterocycles. The molecule has 29 heavy (non-hydrogen) atoms. The van der Waals surface area contributed by atoms with Crippen LogP contribution in [0.4, 0.5) is 11.8 Å². The van der Waals surface area contributed by atoms with Crippen LogP contribution in [-0.2, 0) is 13.0 Å². The fourth-order valence-electron chi connectivity index (χ4n) is 3.76. The number of anilines is 2. The molecule has 6 nitrogen and oxygen atoms in total. The van der Waals surface area contributed by atoms with Gasteiger partial charge < -0.3 is 21.0 Å². The number of nitrogens with one attached hydrogen (secondary N) is 3.